The Kier molecular flexibility index (Phi) is 6.89. The summed E-state index contributed by atoms with van der Waals surface area (Å²) in [5, 5.41) is 10.5. The second kappa shape index (κ2) is 10.4. The van der Waals surface area contributed by atoms with Crippen LogP contribution in [0.15, 0.2) is 65.7 Å². The zero-order valence-corrected chi connectivity index (χ0v) is 20.6. The Morgan fingerprint density at radius 1 is 1.14 bits per heavy atom. The molecule has 3 aromatic rings. The highest BCUT2D eigenvalue weighted by molar-refractivity contribution is 5.95. The average molecular weight is 507 g/mol. The summed E-state index contributed by atoms with van der Waals surface area (Å²) in [5.41, 5.74) is 1.93. The van der Waals surface area contributed by atoms with Crippen LogP contribution in [0.25, 0.3) is 5.69 Å². The van der Waals surface area contributed by atoms with Crippen molar-refractivity contribution >= 4 is 17.7 Å². The second-order valence-electron chi connectivity index (χ2n) is 8.98. The molecule has 2 aromatic carbocycles. The van der Waals surface area contributed by atoms with Crippen LogP contribution in [-0.2, 0) is 0 Å². The zero-order valence-electron chi connectivity index (χ0n) is 20.6. The predicted molar refractivity (Wildman–Crippen MR) is 138 cm³/mol. The number of carbonyl (C=O) groups excluding carboxylic acids is 1. The summed E-state index contributed by atoms with van der Waals surface area (Å²) in [4.78, 5) is 19.8. The summed E-state index contributed by atoms with van der Waals surface area (Å²) in [7, 11) is 0. The minimum absolute atomic E-state index is 0.341. The van der Waals surface area contributed by atoms with E-state index in [4.69, 9.17) is 4.74 Å². The van der Waals surface area contributed by atoms with Crippen molar-refractivity contribution in [3.05, 3.63) is 83.4 Å². The van der Waals surface area contributed by atoms with Crippen molar-refractivity contribution in [1.29, 1.82) is 0 Å². The maximum atomic E-state index is 14.1. The van der Waals surface area contributed by atoms with E-state index < -0.39 is 23.7 Å². The van der Waals surface area contributed by atoms with Gasteiger partial charge in [-0.25, -0.2) is 18.3 Å². The molecule has 2 amide bonds. The zero-order chi connectivity index (χ0) is 25.9. The third-order valence-corrected chi connectivity index (χ3v) is 6.49. The van der Waals surface area contributed by atoms with E-state index in [1.54, 1.807) is 4.68 Å². The van der Waals surface area contributed by atoms with Crippen LogP contribution in [-0.4, -0.2) is 58.8 Å². The number of aliphatic imine (C=N–C) groups is 1. The molecule has 2 N–H and O–H groups in total. The number of aromatic nitrogens is 2. The molecule has 2 aliphatic heterocycles. The van der Waals surface area contributed by atoms with E-state index in [9.17, 15) is 13.6 Å². The maximum absolute atomic E-state index is 14.1. The number of amides is 2. The van der Waals surface area contributed by atoms with Crippen molar-refractivity contribution in [3.8, 4) is 11.6 Å². The van der Waals surface area contributed by atoms with Gasteiger partial charge in [0.1, 0.15) is 23.3 Å². The number of amidine groups is 1. The van der Waals surface area contributed by atoms with Gasteiger partial charge in [0.05, 0.1) is 30.4 Å². The Balaban J connectivity index is 1.41. The van der Waals surface area contributed by atoms with Gasteiger partial charge >= 0.3 is 6.03 Å². The molecule has 0 saturated carbocycles. The number of likely N-dealkylation sites (tertiary alicyclic amines) is 1. The average Bonchev–Trinajstić information content (AvgIpc) is 3.61. The van der Waals surface area contributed by atoms with E-state index in [-0.39, 0.29) is 5.92 Å². The highest BCUT2D eigenvalue weighted by atomic mass is 19.1. The lowest BCUT2D eigenvalue weighted by atomic mass is 9.94. The van der Waals surface area contributed by atoms with E-state index in [2.05, 4.69) is 20.7 Å². The summed E-state index contributed by atoms with van der Waals surface area (Å²) in [6.45, 7) is 5.63. The Morgan fingerprint density at radius 2 is 1.89 bits per heavy atom. The van der Waals surface area contributed by atoms with Crippen LogP contribution in [0.4, 0.5) is 19.4 Å². The van der Waals surface area contributed by atoms with Crippen molar-refractivity contribution in [2.45, 2.75) is 25.8 Å². The molecule has 5 rings (SSSR count). The number of benzene rings is 2. The van der Waals surface area contributed by atoms with E-state index in [0.29, 0.717) is 49.1 Å². The van der Waals surface area contributed by atoms with Crippen LogP contribution in [0.3, 0.4) is 0 Å². The van der Waals surface area contributed by atoms with Gasteiger partial charge in [-0.05, 0) is 49.8 Å². The van der Waals surface area contributed by atoms with Crippen LogP contribution < -0.4 is 15.4 Å². The monoisotopic (exact) mass is 506 g/mol. The van der Waals surface area contributed by atoms with Crippen molar-refractivity contribution < 1.29 is 18.3 Å². The Hall–Kier alpha value is -4.21. The summed E-state index contributed by atoms with van der Waals surface area (Å²) in [5.74, 6) is 0.0465. The molecule has 10 heteroatoms. The maximum Gasteiger partial charge on any atom is 0.320 e. The first-order chi connectivity index (χ1) is 17.9. The minimum Gasteiger partial charge on any atom is -0.477 e. The first-order valence-electron chi connectivity index (χ1n) is 12.2. The molecule has 3 heterocycles. The molecule has 0 spiro atoms. The second-order valence-corrected chi connectivity index (χ2v) is 8.98. The fourth-order valence-corrected chi connectivity index (χ4v) is 4.79. The van der Waals surface area contributed by atoms with Gasteiger partial charge in [-0.3, -0.25) is 10.3 Å². The Labute approximate surface area is 213 Å². The number of hydrogen-bond donors (Lipinski definition) is 2. The van der Waals surface area contributed by atoms with Crippen LogP contribution in [0.2, 0.25) is 0 Å². The molecule has 1 saturated heterocycles. The lowest BCUT2D eigenvalue weighted by Crippen LogP contribution is -2.42. The fraction of sp³-hybridized carbons (Fsp3) is 0.296. The van der Waals surface area contributed by atoms with E-state index in [0.717, 1.165) is 17.6 Å². The number of halogens is 2. The number of carbonyl (C=O) groups is 1. The number of rotatable bonds is 6. The lowest BCUT2D eigenvalue weighted by molar-refractivity contribution is 0.248. The van der Waals surface area contributed by atoms with Gasteiger partial charge in [0.2, 0.25) is 5.88 Å². The van der Waals surface area contributed by atoms with Crippen molar-refractivity contribution in [1.82, 2.24) is 20.0 Å². The predicted octanol–water partition coefficient (Wildman–Crippen LogP) is 4.42. The highest BCUT2D eigenvalue weighted by Gasteiger charge is 2.37. The van der Waals surface area contributed by atoms with Crippen LogP contribution in [0, 0.1) is 18.6 Å². The first kappa shape index (κ1) is 24.5. The fourth-order valence-electron chi connectivity index (χ4n) is 4.79. The van der Waals surface area contributed by atoms with Gasteiger partial charge in [0, 0.05) is 25.1 Å². The van der Waals surface area contributed by atoms with Crippen LogP contribution >= 0.6 is 0 Å². The molecule has 192 valence electrons. The summed E-state index contributed by atoms with van der Waals surface area (Å²) >= 11 is 0. The van der Waals surface area contributed by atoms with Crippen molar-refractivity contribution in [2.75, 3.05) is 31.6 Å². The van der Waals surface area contributed by atoms with Gasteiger partial charge in [0.25, 0.3) is 0 Å². The number of para-hydroxylation sites is 1. The molecule has 1 fully saturated rings. The van der Waals surface area contributed by atoms with Gasteiger partial charge in [-0.15, -0.1) is 5.10 Å². The quantitative estimate of drug-likeness (QED) is 0.519. The molecular weight excluding hydrogens is 478 g/mol. The first-order valence-corrected chi connectivity index (χ1v) is 12.2. The third kappa shape index (κ3) is 5.18. The van der Waals surface area contributed by atoms with E-state index >= 15 is 0 Å². The van der Waals surface area contributed by atoms with Crippen LogP contribution in [0.5, 0.6) is 5.88 Å². The minimum atomic E-state index is -0.652. The van der Waals surface area contributed by atoms with Gasteiger partial charge < -0.3 is 15.0 Å². The molecule has 0 bridgehead atoms. The number of nitrogens with zero attached hydrogens (tertiary/aromatic N) is 4. The SMILES string of the molecule is CCOc1nn(-c2ccccc2)c(NC(=O)N[C@@H]2CN(C3=NCC=C3)C[C@H]2c2cc(F)cc(F)c2)c1C. The molecule has 0 radical (unpaired) electrons. The molecule has 2 atom stereocenters. The number of anilines is 1. The molecule has 1 aromatic heterocycles. The molecule has 37 heavy (non-hydrogen) atoms. The number of ether oxygens (including phenoxy) is 1. The number of urea groups is 1. The summed E-state index contributed by atoms with van der Waals surface area (Å²) in [6, 6.07) is 12.0. The molecule has 0 unspecified atom stereocenters. The molecule has 8 nitrogen and oxygen atoms in total. The summed E-state index contributed by atoms with van der Waals surface area (Å²) in [6.07, 6.45) is 3.87. The Morgan fingerprint density at radius 3 is 2.57 bits per heavy atom. The standard InChI is InChI=1S/C27H28F2N6O2/c1-3-37-26-17(2)25(35(33-26)21-8-5-4-6-9-21)32-27(36)31-23-16-34(24-10-7-11-30-24)15-22(23)18-12-19(28)14-20(29)13-18/h4-10,12-14,22-23H,3,11,15-16H2,1-2H3,(H2,31,32,36)/t22-,23+/m0/s1. The van der Waals surface area contributed by atoms with Crippen LogP contribution in [0.1, 0.15) is 24.0 Å². The van der Waals surface area contributed by atoms with E-state index in [1.807, 2.05) is 61.2 Å². The topological polar surface area (TPSA) is 83.8 Å². The smallest absolute Gasteiger partial charge is 0.320 e. The number of hydrogen-bond acceptors (Lipinski definition) is 5. The largest absolute Gasteiger partial charge is 0.477 e. The molecule has 0 aliphatic carbocycles. The van der Waals surface area contributed by atoms with Gasteiger partial charge in [0.15, 0.2) is 0 Å². The van der Waals surface area contributed by atoms with E-state index in [1.165, 1.54) is 12.1 Å². The molecular formula is C27H28F2N6O2. The Bertz CT molecular complexity index is 1330. The van der Waals surface area contributed by atoms with Crippen molar-refractivity contribution in [2.24, 2.45) is 4.99 Å². The lowest BCUT2D eigenvalue weighted by Gasteiger charge is -2.21. The third-order valence-electron chi connectivity index (χ3n) is 6.49. The normalized spacial score (nSPS) is 18.7. The highest BCUT2D eigenvalue weighted by Crippen LogP contribution is 2.31. The summed E-state index contributed by atoms with van der Waals surface area (Å²) < 4.78 is 35.4. The molecule has 2 aliphatic rings. The van der Waals surface area contributed by atoms with Crippen molar-refractivity contribution in [3.63, 3.8) is 0 Å². The van der Waals surface area contributed by atoms with Gasteiger partial charge in [-0.2, -0.15) is 0 Å². The number of nitrogens with one attached hydrogen (secondary N) is 2. The van der Waals surface area contributed by atoms with Gasteiger partial charge in [-0.1, -0.05) is 24.3 Å².